The van der Waals surface area contributed by atoms with Crippen molar-refractivity contribution in [2.24, 2.45) is 5.73 Å². The van der Waals surface area contributed by atoms with Gasteiger partial charge in [-0.2, -0.15) is 0 Å². The van der Waals surface area contributed by atoms with Gasteiger partial charge in [0, 0.05) is 13.0 Å². The quantitative estimate of drug-likeness (QED) is 0.447. The number of unbranched alkanes of at least 4 members (excludes halogenated alkanes) is 2. The standard InChI is InChI=1S/C17H26N2O/c1-3-5-8-13-16(20)19(14-6-4-2)17(18)15-11-9-7-10-12-15/h4,6-7,9-12,17H,3,5,8,13-14,18H2,1-2H3/b6-4+/t17-/m0/s1. The number of hydrogen-bond acceptors (Lipinski definition) is 2. The average Bonchev–Trinajstić information content (AvgIpc) is 2.48. The molecule has 0 fully saturated rings. The van der Waals surface area contributed by atoms with Crippen LogP contribution in [0.4, 0.5) is 0 Å². The van der Waals surface area contributed by atoms with Crippen LogP contribution in [-0.4, -0.2) is 17.4 Å². The van der Waals surface area contributed by atoms with Crippen molar-refractivity contribution < 1.29 is 4.79 Å². The predicted molar refractivity (Wildman–Crippen MR) is 84.0 cm³/mol. The molecule has 0 spiro atoms. The smallest absolute Gasteiger partial charge is 0.224 e. The van der Waals surface area contributed by atoms with E-state index in [1.54, 1.807) is 4.90 Å². The number of carbonyl (C=O) groups excluding carboxylic acids is 1. The SMILES string of the molecule is C/C=C/CN(C(=O)CCCCC)[C@H](N)c1ccccc1. The number of amides is 1. The van der Waals surface area contributed by atoms with Crippen molar-refractivity contribution in [3.05, 3.63) is 48.0 Å². The van der Waals surface area contributed by atoms with E-state index < -0.39 is 0 Å². The first-order valence-corrected chi connectivity index (χ1v) is 7.41. The molecule has 0 saturated carbocycles. The summed E-state index contributed by atoms with van der Waals surface area (Å²) in [6.07, 6.45) is 7.26. The second kappa shape index (κ2) is 9.32. The van der Waals surface area contributed by atoms with Gasteiger partial charge in [-0.15, -0.1) is 0 Å². The van der Waals surface area contributed by atoms with Gasteiger partial charge in [-0.1, -0.05) is 62.2 Å². The summed E-state index contributed by atoms with van der Waals surface area (Å²) >= 11 is 0. The maximum absolute atomic E-state index is 12.4. The molecule has 1 rings (SSSR count). The number of nitrogens with zero attached hydrogens (tertiary/aromatic N) is 1. The van der Waals surface area contributed by atoms with Gasteiger partial charge in [-0.25, -0.2) is 0 Å². The summed E-state index contributed by atoms with van der Waals surface area (Å²) in [5.41, 5.74) is 7.23. The van der Waals surface area contributed by atoms with Gasteiger partial charge in [-0.05, 0) is 18.9 Å². The summed E-state index contributed by atoms with van der Waals surface area (Å²) in [6, 6.07) is 9.78. The Morgan fingerprint density at radius 3 is 2.60 bits per heavy atom. The molecule has 1 aromatic carbocycles. The Bertz CT molecular complexity index is 414. The van der Waals surface area contributed by atoms with Gasteiger partial charge in [-0.3, -0.25) is 4.79 Å². The molecule has 0 radical (unpaired) electrons. The molecule has 1 amide bonds. The number of nitrogens with two attached hydrogens (primary N) is 1. The van der Waals surface area contributed by atoms with E-state index in [9.17, 15) is 4.79 Å². The predicted octanol–water partition coefficient (Wildman–Crippen LogP) is 3.63. The minimum atomic E-state index is -0.374. The Hall–Kier alpha value is -1.61. The summed E-state index contributed by atoms with van der Waals surface area (Å²) in [6.45, 7) is 4.66. The number of benzene rings is 1. The van der Waals surface area contributed by atoms with E-state index >= 15 is 0 Å². The third-order valence-electron chi connectivity index (χ3n) is 3.33. The van der Waals surface area contributed by atoms with Crippen molar-refractivity contribution in [1.29, 1.82) is 0 Å². The number of carbonyl (C=O) groups is 1. The maximum Gasteiger partial charge on any atom is 0.224 e. The highest BCUT2D eigenvalue weighted by Crippen LogP contribution is 2.17. The fourth-order valence-corrected chi connectivity index (χ4v) is 2.09. The third-order valence-corrected chi connectivity index (χ3v) is 3.33. The molecular formula is C17H26N2O. The fourth-order valence-electron chi connectivity index (χ4n) is 2.09. The first kappa shape index (κ1) is 16.4. The number of allylic oxidation sites excluding steroid dienone is 1. The van der Waals surface area contributed by atoms with Crippen LogP contribution in [0.25, 0.3) is 0 Å². The molecule has 3 heteroatoms. The molecule has 0 aliphatic carbocycles. The Labute approximate surface area is 122 Å². The lowest BCUT2D eigenvalue weighted by atomic mass is 10.1. The topological polar surface area (TPSA) is 46.3 Å². The van der Waals surface area contributed by atoms with E-state index in [1.165, 1.54) is 0 Å². The Kier molecular flexibility index (Phi) is 7.66. The van der Waals surface area contributed by atoms with E-state index in [0.717, 1.165) is 24.8 Å². The Morgan fingerprint density at radius 1 is 1.30 bits per heavy atom. The molecule has 20 heavy (non-hydrogen) atoms. The molecule has 0 aromatic heterocycles. The van der Waals surface area contributed by atoms with Crippen LogP contribution < -0.4 is 5.73 Å². The van der Waals surface area contributed by atoms with Gasteiger partial charge in [0.05, 0.1) is 0 Å². The second-order valence-electron chi connectivity index (χ2n) is 4.93. The van der Waals surface area contributed by atoms with Gasteiger partial charge < -0.3 is 10.6 Å². The Balaban J connectivity index is 2.74. The molecule has 3 nitrogen and oxygen atoms in total. The van der Waals surface area contributed by atoms with Crippen LogP contribution in [-0.2, 0) is 4.79 Å². The normalized spacial score (nSPS) is 12.6. The van der Waals surface area contributed by atoms with E-state index in [1.807, 2.05) is 49.4 Å². The Morgan fingerprint density at radius 2 is 2.00 bits per heavy atom. The first-order valence-electron chi connectivity index (χ1n) is 7.41. The van der Waals surface area contributed by atoms with E-state index in [2.05, 4.69) is 6.92 Å². The van der Waals surface area contributed by atoms with Gasteiger partial charge in [0.2, 0.25) is 5.91 Å². The third kappa shape index (κ3) is 5.17. The van der Waals surface area contributed by atoms with Crippen LogP contribution in [0, 0.1) is 0 Å². The van der Waals surface area contributed by atoms with Crippen LogP contribution in [0.15, 0.2) is 42.5 Å². The largest absolute Gasteiger partial charge is 0.319 e. The van der Waals surface area contributed by atoms with Crippen molar-refractivity contribution in [3.63, 3.8) is 0 Å². The molecule has 0 saturated heterocycles. The lowest BCUT2D eigenvalue weighted by molar-refractivity contribution is -0.133. The molecule has 1 atom stereocenters. The maximum atomic E-state index is 12.4. The summed E-state index contributed by atoms with van der Waals surface area (Å²) in [5, 5.41) is 0. The molecule has 0 aliphatic heterocycles. The second-order valence-corrected chi connectivity index (χ2v) is 4.93. The minimum absolute atomic E-state index is 0.132. The zero-order valence-electron chi connectivity index (χ0n) is 12.6. The van der Waals surface area contributed by atoms with Crippen molar-refractivity contribution >= 4 is 5.91 Å². The van der Waals surface area contributed by atoms with Gasteiger partial charge >= 0.3 is 0 Å². The number of hydrogen-bond donors (Lipinski definition) is 1. The highest BCUT2D eigenvalue weighted by atomic mass is 16.2. The number of rotatable bonds is 8. The van der Waals surface area contributed by atoms with Crippen LogP contribution in [0.5, 0.6) is 0 Å². The zero-order chi connectivity index (χ0) is 14.8. The van der Waals surface area contributed by atoms with Crippen molar-refractivity contribution in [2.75, 3.05) is 6.54 Å². The van der Waals surface area contributed by atoms with Gasteiger partial charge in [0.25, 0.3) is 0 Å². The van der Waals surface area contributed by atoms with Crippen LogP contribution in [0.1, 0.15) is 51.3 Å². The van der Waals surface area contributed by atoms with E-state index in [-0.39, 0.29) is 12.1 Å². The zero-order valence-corrected chi connectivity index (χ0v) is 12.6. The summed E-state index contributed by atoms with van der Waals surface area (Å²) < 4.78 is 0. The summed E-state index contributed by atoms with van der Waals surface area (Å²) in [5.74, 6) is 0.132. The van der Waals surface area contributed by atoms with Gasteiger partial charge in [0.15, 0.2) is 0 Å². The lowest BCUT2D eigenvalue weighted by Gasteiger charge is -2.28. The monoisotopic (exact) mass is 274 g/mol. The lowest BCUT2D eigenvalue weighted by Crippen LogP contribution is -2.39. The average molecular weight is 274 g/mol. The van der Waals surface area contributed by atoms with E-state index in [0.29, 0.717) is 13.0 Å². The molecular weight excluding hydrogens is 248 g/mol. The fraction of sp³-hybridized carbons (Fsp3) is 0.471. The molecule has 110 valence electrons. The molecule has 0 heterocycles. The molecule has 1 aromatic rings. The van der Waals surface area contributed by atoms with E-state index in [4.69, 9.17) is 5.73 Å². The van der Waals surface area contributed by atoms with Gasteiger partial charge in [0.1, 0.15) is 6.17 Å². The first-order chi connectivity index (χ1) is 9.70. The molecule has 0 bridgehead atoms. The highest BCUT2D eigenvalue weighted by Gasteiger charge is 2.20. The van der Waals surface area contributed by atoms with Crippen LogP contribution in [0.2, 0.25) is 0 Å². The van der Waals surface area contributed by atoms with Crippen LogP contribution >= 0.6 is 0 Å². The molecule has 0 aliphatic rings. The van der Waals surface area contributed by atoms with Crippen molar-refractivity contribution in [2.45, 2.75) is 45.7 Å². The van der Waals surface area contributed by atoms with Crippen LogP contribution in [0.3, 0.4) is 0 Å². The highest BCUT2D eigenvalue weighted by molar-refractivity contribution is 5.76. The van der Waals surface area contributed by atoms with Crippen molar-refractivity contribution in [3.8, 4) is 0 Å². The molecule has 2 N–H and O–H groups in total. The molecule has 0 unspecified atom stereocenters. The van der Waals surface area contributed by atoms with Crippen molar-refractivity contribution in [1.82, 2.24) is 4.90 Å². The minimum Gasteiger partial charge on any atom is -0.319 e. The summed E-state index contributed by atoms with van der Waals surface area (Å²) in [4.78, 5) is 14.1. The summed E-state index contributed by atoms with van der Waals surface area (Å²) in [7, 11) is 0.